The van der Waals surface area contributed by atoms with Gasteiger partial charge in [0.2, 0.25) is 0 Å². The lowest BCUT2D eigenvalue weighted by atomic mass is 10.0. The molecule has 0 saturated heterocycles. The number of nitrogens with one attached hydrogen (secondary N) is 4. The molecule has 194 valence electrons. The normalized spacial score (nSPS) is 11.2. The van der Waals surface area contributed by atoms with Crippen LogP contribution in [-0.4, -0.2) is 36.4 Å². The first-order valence-electron chi connectivity index (χ1n) is 11.2. The lowest BCUT2D eigenvalue weighted by molar-refractivity contribution is -0.122. The number of ether oxygens (including phenoxy) is 2. The van der Waals surface area contributed by atoms with E-state index in [1.165, 1.54) is 37.7 Å². The van der Waals surface area contributed by atoms with Crippen LogP contribution in [0.1, 0.15) is 40.9 Å². The van der Waals surface area contributed by atoms with Crippen molar-refractivity contribution in [3.63, 3.8) is 0 Å². The SMILES string of the molecule is CCCOc1cc(OC)cc(C(Nc2ccc(C(=N)N)cc2)C(=O)NNC(=O)c2cnccc2Cl)c1F. The second-order valence-electron chi connectivity index (χ2n) is 7.74. The standard InChI is InChI=1S/C25H26ClFN6O4/c1-3-10-37-20-12-16(36-2)11-17(21(20)27)22(31-15-6-4-14(5-7-15)23(28)29)25(35)33-32-24(34)18-13-30-9-8-19(18)26/h4-9,11-13,22,31H,3,10H2,1-2H3,(H3,28,29)(H,32,34)(H,33,35). The third kappa shape index (κ3) is 6.85. The molecular weight excluding hydrogens is 503 g/mol. The monoisotopic (exact) mass is 528 g/mol. The Kier molecular flexibility index (Phi) is 9.22. The molecule has 2 amide bonds. The van der Waals surface area contributed by atoms with Gasteiger partial charge < -0.3 is 20.5 Å². The van der Waals surface area contributed by atoms with Crippen LogP contribution < -0.4 is 31.4 Å². The van der Waals surface area contributed by atoms with Crippen LogP contribution in [0.2, 0.25) is 5.02 Å². The van der Waals surface area contributed by atoms with Crippen LogP contribution in [0.25, 0.3) is 0 Å². The molecular formula is C25H26ClFN6O4. The molecule has 1 heterocycles. The molecule has 3 aromatic rings. The molecule has 1 unspecified atom stereocenters. The molecule has 3 rings (SSSR count). The maximum Gasteiger partial charge on any atom is 0.272 e. The predicted octanol–water partition coefficient (Wildman–Crippen LogP) is 3.57. The van der Waals surface area contributed by atoms with Crippen LogP contribution in [-0.2, 0) is 4.79 Å². The van der Waals surface area contributed by atoms with Crippen molar-refractivity contribution >= 4 is 34.9 Å². The van der Waals surface area contributed by atoms with Crippen LogP contribution in [0.3, 0.4) is 0 Å². The van der Waals surface area contributed by atoms with E-state index in [-0.39, 0.29) is 40.1 Å². The predicted molar refractivity (Wildman–Crippen MR) is 137 cm³/mol. The number of carbonyl (C=O) groups excluding carboxylic acids is 2. The summed E-state index contributed by atoms with van der Waals surface area (Å²) in [6.45, 7) is 2.13. The fraction of sp³-hybridized carbons (Fsp3) is 0.200. The fourth-order valence-corrected chi connectivity index (χ4v) is 3.43. The van der Waals surface area contributed by atoms with E-state index in [0.717, 1.165) is 0 Å². The maximum absolute atomic E-state index is 15.6. The molecule has 1 atom stereocenters. The lowest BCUT2D eigenvalue weighted by Crippen LogP contribution is -2.45. The van der Waals surface area contributed by atoms with E-state index in [0.29, 0.717) is 17.7 Å². The number of benzene rings is 2. The molecule has 1 aromatic heterocycles. The van der Waals surface area contributed by atoms with Gasteiger partial charge in [-0.05, 0) is 42.8 Å². The molecule has 10 nitrogen and oxygen atoms in total. The highest BCUT2D eigenvalue weighted by Crippen LogP contribution is 2.33. The number of rotatable bonds is 10. The van der Waals surface area contributed by atoms with Crippen molar-refractivity contribution in [2.24, 2.45) is 5.73 Å². The Balaban J connectivity index is 1.95. The smallest absolute Gasteiger partial charge is 0.272 e. The Bertz CT molecular complexity index is 1290. The van der Waals surface area contributed by atoms with Gasteiger partial charge in [-0.25, -0.2) is 4.39 Å². The van der Waals surface area contributed by atoms with Gasteiger partial charge in [0, 0.05) is 35.3 Å². The molecule has 12 heteroatoms. The van der Waals surface area contributed by atoms with Crippen molar-refractivity contribution in [2.45, 2.75) is 19.4 Å². The molecule has 0 aliphatic carbocycles. The van der Waals surface area contributed by atoms with Gasteiger partial charge in [0.1, 0.15) is 17.6 Å². The van der Waals surface area contributed by atoms with Crippen molar-refractivity contribution in [1.29, 1.82) is 5.41 Å². The first kappa shape index (κ1) is 27.2. The number of hydrazine groups is 1. The van der Waals surface area contributed by atoms with Crippen LogP contribution >= 0.6 is 11.6 Å². The molecule has 0 bridgehead atoms. The molecule has 0 aliphatic heterocycles. The second kappa shape index (κ2) is 12.5. The van der Waals surface area contributed by atoms with Crippen LogP contribution in [0.15, 0.2) is 54.9 Å². The van der Waals surface area contributed by atoms with Crippen molar-refractivity contribution in [3.8, 4) is 11.5 Å². The summed E-state index contributed by atoms with van der Waals surface area (Å²) in [4.78, 5) is 29.6. The van der Waals surface area contributed by atoms with Gasteiger partial charge in [-0.1, -0.05) is 18.5 Å². The van der Waals surface area contributed by atoms with E-state index in [1.54, 1.807) is 24.3 Å². The van der Waals surface area contributed by atoms with Crippen molar-refractivity contribution in [1.82, 2.24) is 15.8 Å². The third-order valence-electron chi connectivity index (χ3n) is 5.13. The van der Waals surface area contributed by atoms with Gasteiger partial charge in [-0.2, -0.15) is 0 Å². The quantitative estimate of drug-likeness (QED) is 0.153. The van der Waals surface area contributed by atoms with E-state index in [2.05, 4.69) is 21.2 Å². The van der Waals surface area contributed by atoms with E-state index in [1.807, 2.05) is 6.92 Å². The van der Waals surface area contributed by atoms with Crippen LogP contribution in [0.5, 0.6) is 11.5 Å². The summed E-state index contributed by atoms with van der Waals surface area (Å²) in [6, 6.07) is 9.14. The Hall–Kier alpha value is -4.38. The number of carbonyl (C=O) groups is 2. The first-order chi connectivity index (χ1) is 17.7. The Morgan fingerprint density at radius 2 is 1.92 bits per heavy atom. The average molecular weight is 529 g/mol. The fourth-order valence-electron chi connectivity index (χ4n) is 3.24. The van der Waals surface area contributed by atoms with Crippen molar-refractivity contribution in [2.75, 3.05) is 19.0 Å². The number of nitrogens with zero attached hydrogens (tertiary/aromatic N) is 1. The molecule has 0 fully saturated rings. The first-order valence-corrected chi connectivity index (χ1v) is 11.5. The minimum Gasteiger partial charge on any atom is -0.497 e. The van der Waals surface area contributed by atoms with Gasteiger partial charge >= 0.3 is 0 Å². The molecule has 0 radical (unpaired) electrons. The zero-order valence-electron chi connectivity index (χ0n) is 20.1. The van der Waals surface area contributed by atoms with Gasteiger partial charge in [-0.15, -0.1) is 0 Å². The molecule has 0 spiro atoms. The largest absolute Gasteiger partial charge is 0.497 e. The van der Waals surface area contributed by atoms with Gasteiger partial charge in [0.25, 0.3) is 11.8 Å². The average Bonchev–Trinajstić information content (AvgIpc) is 2.90. The summed E-state index contributed by atoms with van der Waals surface area (Å²) in [5.41, 5.74) is 10.9. The summed E-state index contributed by atoms with van der Waals surface area (Å²) in [7, 11) is 1.40. The topological polar surface area (TPSA) is 151 Å². The Morgan fingerprint density at radius 3 is 2.54 bits per heavy atom. The summed E-state index contributed by atoms with van der Waals surface area (Å²) in [6.07, 6.45) is 3.30. The number of aromatic nitrogens is 1. The number of pyridine rings is 1. The van der Waals surface area contributed by atoms with Crippen LogP contribution in [0, 0.1) is 11.2 Å². The molecule has 0 saturated carbocycles. The zero-order valence-corrected chi connectivity index (χ0v) is 20.9. The van der Waals surface area contributed by atoms with E-state index in [9.17, 15) is 9.59 Å². The van der Waals surface area contributed by atoms with Crippen molar-refractivity contribution < 1.29 is 23.5 Å². The number of amidine groups is 1. The summed E-state index contributed by atoms with van der Waals surface area (Å²) in [5.74, 6) is -2.24. The summed E-state index contributed by atoms with van der Waals surface area (Å²) < 4.78 is 26.4. The number of hydrogen-bond acceptors (Lipinski definition) is 7. The highest BCUT2D eigenvalue weighted by atomic mass is 35.5. The van der Waals surface area contributed by atoms with Gasteiger partial charge in [-0.3, -0.25) is 30.8 Å². The molecule has 2 aromatic carbocycles. The number of halogens is 2. The number of nitrogen functional groups attached to an aromatic ring is 1. The van der Waals surface area contributed by atoms with Gasteiger partial charge in [0.05, 0.1) is 24.3 Å². The minimum absolute atomic E-state index is 0.0385. The number of amides is 2. The molecule has 0 aliphatic rings. The van der Waals surface area contributed by atoms with Crippen LogP contribution in [0.4, 0.5) is 10.1 Å². The van der Waals surface area contributed by atoms with E-state index in [4.69, 9.17) is 32.2 Å². The molecule has 6 N–H and O–H groups in total. The van der Waals surface area contributed by atoms with E-state index >= 15 is 4.39 Å². The highest BCUT2D eigenvalue weighted by molar-refractivity contribution is 6.33. The zero-order chi connectivity index (χ0) is 26.9. The minimum atomic E-state index is -1.34. The number of nitrogens with two attached hydrogens (primary N) is 1. The summed E-state index contributed by atoms with van der Waals surface area (Å²) in [5, 5.41) is 10.6. The third-order valence-corrected chi connectivity index (χ3v) is 5.46. The highest BCUT2D eigenvalue weighted by Gasteiger charge is 2.28. The van der Waals surface area contributed by atoms with Crippen molar-refractivity contribution in [3.05, 3.63) is 82.4 Å². The Labute approximate surface area is 217 Å². The number of anilines is 1. The molecule has 37 heavy (non-hydrogen) atoms. The maximum atomic E-state index is 15.6. The number of hydrogen-bond donors (Lipinski definition) is 5. The van der Waals surface area contributed by atoms with E-state index < -0.39 is 23.7 Å². The summed E-state index contributed by atoms with van der Waals surface area (Å²) >= 11 is 6.02. The second-order valence-corrected chi connectivity index (χ2v) is 8.15. The van der Waals surface area contributed by atoms with Gasteiger partial charge in [0.15, 0.2) is 11.6 Å². The number of methoxy groups -OCH3 is 1. The lowest BCUT2D eigenvalue weighted by Gasteiger charge is -2.22. The Morgan fingerprint density at radius 1 is 1.19 bits per heavy atom.